The highest BCUT2D eigenvalue weighted by molar-refractivity contribution is 6.76. The summed E-state index contributed by atoms with van der Waals surface area (Å²) >= 11 is 29.5. The van der Waals surface area contributed by atoms with Gasteiger partial charge < -0.3 is 9.64 Å². The number of hydrogen-bond donors (Lipinski definition) is 1. The fourth-order valence-electron chi connectivity index (χ4n) is 2.30. The molecule has 0 spiro atoms. The van der Waals surface area contributed by atoms with Crippen molar-refractivity contribution in [3.8, 4) is 0 Å². The van der Waals surface area contributed by atoms with Gasteiger partial charge in [0.25, 0.3) is 0 Å². The number of ether oxygens (including phenoxy) is 1. The molecule has 0 radical (unpaired) electrons. The number of nitrogens with one attached hydrogen (secondary N) is 1. The van der Waals surface area contributed by atoms with Gasteiger partial charge in [0.1, 0.15) is 13.1 Å². The third-order valence-corrected chi connectivity index (χ3v) is 6.13. The first-order valence-corrected chi connectivity index (χ1v) is 7.56. The zero-order valence-electron chi connectivity index (χ0n) is 9.60. The van der Waals surface area contributed by atoms with Crippen molar-refractivity contribution in [2.24, 2.45) is 0 Å². The highest BCUT2D eigenvalue weighted by Gasteiger charge is 2.68. The van der Waals surface area contributed by atoms with Crippen LogP contribution in [0.3, 0.4) is 0 Å². The van der Waals surface area contributed by atoms with Crippen LogP contribution in [0, 0.1) is 0 Å². The van der Waals surface area contributed by atoms with Crippen molar-refractivity contribution < 1.29 is 19.2 Å². The molecule has 0 bridgehead atoms. The fraction of sp³-hybridized carbons (Fsp3) is 0.800. The van der Waals surface area contributed by atoms with Gasteiger partial charge in [-0.05, 0) is 0 Å². The monoisotopic (exact) mass is 368 g/mol. The normalized spacial score (nSPS) is 35.4. The number of quaternary nitrogens is 1. The Hall–Kier alpha value is 0.710. The largest absolute Gasteiger partial charge is 0.370 e. The summed E-state index contributed by atoms with van der Waals surface area (Å²) in [5, 5.41) is -1.15. The van der Waals surface area contributed by atoms with E-state index in [2.05, 4.69) is 0 Å². The lowest BCUT2D eigenvalue weighted by molar-refractivity contribution is -0.922. The van der Waals surface area contributed by atoms with Crippen LogP contribution in [0.25, 0.3) is 0 Å². The van der Waals surface area contributed by atoms with Crippen LogP contribution in [-0.4, -0.2) is 58.0 Å². The Bertz CT molecular complexity index is 408. The van der Waals surface area contributed by atoms with Crippen LogP contribution in [0.1, 0.15) is 0 Å². The van der Waals surface area contributed by atoms with Crippen molar-refractivity contribution in [3.63, 3.8) is 0 Å². The number of morpholine rings is 1. The van der Waals surface area contributed by atoms with E-state index in [-0.39, 0.29) is 0 Å². The van der Waals surface area contributed by atoms with E-state index in [1.165, 1.54) is 0 Å². The van der Waals surface area contributed by atoms with Gasteiger partial charge in [0.2, 0.25) is 14.4 Å². The van der Waals surface area contributed by atoms with Gasteiger partial charge in [-0.2, -0.15) is 0 Å². The number of carbonyl (C=O) groups excluding carboxylic acids is 2. The predicted molar refractivity (Wildman–Crippen MR) is 73.8 cm³/mol. The number of halogens is 5. The number of hydrogen-bond acceptors (Lipinski definition) is 3. The maximum absolute atomic E-state index is 12.4. The molecule has 2 aliphatic rings. The summed E-state index contributed by atoms with van der Waals surface area (Å²) in [6, 6.07) is -0.862. The van der Waals surface area contributed by atoms with E-state index in [9.17, 15) is 9.59 Å². The van der Waals surface area contributed by atoms with Gasteiger partial charge >= 0.3 is 0 Å². The quantitative estimate of drug-likeness (QED) is 0.679. The van der Waals surface area contributed by atoms with Crippen LogP contribution in [0.5, 0.6) is 0 Å². The molecule has 2 fully saturated rings. The highest BCUT2D eigenvalue weighted by atomic mass is 35.5. The predicted octanol–water partition coefficient (Wildman–Crippen LogP) is 0.377. The number of alkyl halides is 5. The van der Waals surface area contributed by atoms with Crippen molar-refractivity contribution >= 4 is 69.6 Å². The van der Waals surface area contributed by atoms with Gasteiger partial charge in [0, 0.05) is 0 Å². The zero-order chi connectivity index (χ0) is 14.4. The van der Waals surface area contributed by atoms with Gasteiger partial charge in [-0.15, -0.1) is 11.6 Å². The van der Waals surface area contributed by atoms with Crippen molar-refractivity contribution in [2.45, 2.75) is 20.1 Å². The van der Waals surface area contributed by atoms with E-state index in [0.29, 0.717) is 26.3 Å². The molecule has 19 heavy (non-hydrogen) atoms. The summed E-state index contributed by atoms with van der Waals surface area (Å²) < 4.78 is 0.768. The number of carbonyl (C=O) groups is 2. The molecule has 9 heteroatoms. The molecule has 2 rings (SSSR count). The van der Waals surface area contributed by atoms with E-state index in [1.807, 2.05) is 0 Å². The maximum atomic E-state index is 12.4. The minimum atomic E-state index is -2.23. The Morgan fingerprint density at radius 2 is 1.47 bits per heavy atom. The van der Waals surface area contributed by atoms with Crippen LogP contribution >= 0.6 is 58.0 Å². The molecule has 1 aliphatic carbocycles. The lowest BCUT2D eigenvalue weighted by Crippen LogP contribution is -3.20. The molecule has 1 aliphatic heterocycles. The van der Waals surface area contributed by atoms with Gasteiger partial charge in [0.15, 0.2) is 17.2 Å². The summed E-state index contributed by atoms with van der Waals surface area (Å²) in [7, 11) is 0. The molecule has 1 saturated heterocycles. The highest BCUT2D eigenvalue weighted by Crippen LogP contribution is 2.49. The Morgan fingerprint density at radius 1 is 1.00 bits per heavy atom. The Morgan fingerprint density at radius 3 is 2.00 bits per heavy atom. The summed E-state index contributed by atoms with van der Waals surface area (Å²) in [5.41, 5.74) is 0. The summed E-state index contributed by atoms with van der Waals surface area (Å²) in [4.78, 5) is 25.3. The van der Waals surface area contributed by atoms with Gasteiger partial charge in [-0.25, -0.2) is 0 Å². The van der Waals surface area contributed by atoms with Crippen LogP contribution in [-0.2, 0) is 14.3 Å². The number of Topliss-reactive ketones (excluding diaryl/α,β-unsaturated/α-hetero) is 2. The zero-order valence-corrected chi connectivity index (χ0v) is 13.4. The van der Waals surface area contributed by atoms with Gasteiger partial charge in [-0.1, -0.05) is 46.4 Å². The molecular weight excluding hydrogens is 359 g/mol. The Balaban J connectivity index is 2.34. The van der Waals surface area contributed by atoms with E-state index < -0.39 is 31.7 Å². The van der Waals surface area contributed by atoms with Crippen molar-refractivity contribution in [1.29, 1.82) is 0 Å². The molecule has 1 N–H and O–H groups in total. The van der Waals surface area contributed by atoms with Gasteiger partial charge in [-0.3, -0.25) is 9.59 Å². The minimum absolute atomic E-state index is 0.474. The Kier molecular flexibility index (Phi) is 4.64. The first-order chi connectivity index (χ1) is 8.71. The third kappa shape index (κ3) is 2.50. The van der Waals surface area contributed by atoms with Crippen LogP contribution in [0.4, 0.5) is 0 Å². The van der Waals surface area contributed by atoms with Crippen LogP contribution in [0.2, 0.25) is 0 Å². The second kappa shape index (κ2) is 5.48. The summed E-state index contributed by atoms with van der Waals surface area (Å²) in [5.74, 6) is -1.37. The van der Waals surface area contributed by atoms with Crippen molar-refractivity contribution in [2.75, 3.05) is 26.3 Å². The standard InChI is InChI=1S/C10H10Cl5NO3/c11-5-6(16-1-3-19-4-2-16)8(18)10(14,15)9(12,13)7(5)17/h5-6H,1-4H2/p+1/t5-,6-/m0/s1. The first kappa shape index (κ1) is 16.1. The van der Waals surface area contributed by atoms with Crippen molar-refractivity contribution in [1.82, 2.24) is 0 Å². The smallest absolute Gasteiger partial charge is 0.231 e. The first-order valence-electron chi connectivity index (χ1n) is 5.62. The topological polar surface area (TPSA) is 47.8 Å². The molecule has 0 aromatic rings. The van der Waals surface area contributed by atoms with Gasteiger partial charge in [0.05, 0.1) is 13.2 Å². The lowest BCUT2D eigenvalue weighted by atomic mass is 9.89. The lowest BCUT2D eigenvalue weighted by Gasteiger charge is -2.43. The molecule has 1 saturated carbocycles. The summed E-state index contributed by atoms with van der Waals surface area (Å²) in [6.07, 6.45) is 0. The summed E-state index contributed by atoms with van der Waals surface area (Å²) in [6.45, 7) is 2.02. The fourth-order valence-corrected chi connectivity index (χ4v) is 3.71. The average Bonchev–Trinajstić information content (AvgIpc) is 2.37. The molecule has 0 amide bonds. The minimum Gasteiger partial charge on any atom is -0.370 e. The van der Waals surface area contributed by atoms with Crippen LogP contribution < -0.4 is 4.90 Å². The Labute approximate surface area is 135 Å². The SMILES string of the molecule is O=C1[C@@H](Cl)[C@H]([NH+]2CCOCC2)C(=O)C(Cl)(Cl)C1(Cl)Cl. The maximum Gasteiger partial charge on any atom is 0.231 e. The molecule has 0 unspecified atom stereocenters. The second-order valence-corrected chi connectivity index (χ2v) is 7.65. The number of rotatable bonds is 1. The van der Waals surface area contributed by atoms with Crippen molar-refractivity contribution in [3.05, 3.63) is 0 Å². The van der Waals surface area contributed by atoms with E-state index in [0.717, 1.165) is 4.90 Å². The average molecular weight is 370 g/mol. The van der Waals surface area contributed by atoms with E-state index in [1.54, 1.807) is 0 Å². The molecule has 0 aromatic heterocycles. The number of ketones is 2. The molecule has 1 heterocycles. The third-order valence-electron chi connectivity index (χ3n) is 3.41. The van der Waals surface area contributed by atoms with E-state index in [4.69, 9.17) is 62.7 Å². The second-order valence-electron chi connectivity index (χ2n) is 4.53. The molecule has 0 aromatic carbocycles. The molecule has 108 valence electrons. The molecule has 4 nitrogen and oxygen atoms in total. The van der Waals surface area contributed by atoms with Crippen LogP contribution in [0.15, 0.2) is 0 Å². The molecular formula is C10H11Cl5NO3+. The molecule has 2 atom stereocenters. The van der Waals surface area contributed by atoms with E-state index >= 15 is 0 Å².